The predicted octanol–water partition coefficient (Wildman–Crippen LogP) is 7.39. The second kappa shape index (κ2) is 8.98. The van der Waals surface area contributed by atoms with E-state index >= 15 is 0 Å². The van der Waals surface area contributed by atoms with Crippen LogP contribution in [0.25, 0.3) is 11.3 Å². The van der Waals surface area contributed by atoms with E-state index in [2.05, 4.69) is 5.32 Å². The van der Waals surface area contributed by atoms with Crippen LogP contribution < -0.4 is 5.32 Å². The second-order valence-electron chi connectivity index (χ2n) is 6.60. The summed E-state index contributed by atoms with van der Waals surface area (Å²) in [5.41, 5.74) is 1.65. The van der Waals surface area contributed by atoms with Crippen LogP contribution in [0.4, 0.5) is 5.69 Å². The van der Waals surface area contributed by atoms with Crippen molar-refractivity contribution in [2.75, 3.05) is 5.32 Å². The first-order valence-electron chi connectivity index (χ1n) is 9.19. The Morgan fingerprint density at radius 2 is 1.58 bits per heavy atom. The molecule has 0 atom stereocenters. The molecule has 0 aliphatic rings. The van der Waals surface area contributed by atoms with E-state index in [0.29, 0.717) is 37.6 Å². The van der Waals surface area contributed by atoms with Crippen molar-refractivity contribution in [3.8, 4) is 11.3 Å². The van der Waals surface area contributed by atoms with Crippen molar-refractivity contribution in [2.24, 2.45) is 0 Å². The van der Waals surface area contributed by atoms with Crippen LogP contribution >= 0.6 is 34.8 Å². The van der Waals surface area contributed by atoms with Gasteiger partial charge in [0.05, 0.1) is 15.7 Å². The number of benzene rings is 3. The van der Waals surface area contributed by atoms with Crippen molar-refractivity contribution >= 4 is 52.2 Å². The van der Waals surface area contributed by atoms with Crippen molar-refractivity contribution < 1.29 is 14.0 Å². The maximum absolute atomic E-state index is 12.9. The fourth-order valence-corrected chi connectivity index (χ4v) is 3.61. The van der Waals surface area contributed by atoms with Gasteiger partial charge in [0.2, 0.25) is 0 Å². The molecule has 1 amide bonds. The zero-order chi connectivity index (χ0) is 22.0. The van der Waals surface area contributed by atoms with E-state index in [9.17, 15) is 9.59 Å². The lowest BCUT2D eigenvalue weighted by molar-refractivity contribution is 0.0997. The highest BCUT2D eigenvalue weighted by Crippen LogP contribution is 2.34. The lowest BCUT2D eigenvalue weighted by Crippen LogP contribution is -2.14. The quantitative estimate of drug-likeness (QED) is 0.309. The number of hydrogen-bond donors (Lipinski definition) is 1. The van der Waals surface area contributed by atoms with E-state index in [-0.39, 0.29) is 17.1 Å². The maximum Gasteiger partial charge on any atom is 0.291 e. The third kappa shape index (κ3) is 4.52. The molecule has 0 saturated carbocycles. The van der Waals surface area contributed by atoms with E-state index in [0.717, 1.165) is 0 Å². The van der Waals surface area contributed by atoms with Crippen molar-refractivity contribution in [1.29, 1.82) is 0 Å². The molecule has 4 aromatic rings. The lowest BCUT2D eigenvalue weighted by Gasteiger charge is -2.10. The highest BCUT2D eigenvalue weighted by Gasteiger charge is 2.19. The lowest BCUT2D eigenvalue weighted by atomic mass is 10.0. The van der Waals surface area contributed by atoms with Gasteiger partial charge in [-0.2, -0.15) is 0 Å². The van der Waals surface area contributed by atoms with Crippen molar-refractivity contribution in [2.45, 2.75) is 0 Å². The first-order valence-corrected chi connectivity index (χ1v) is 10.3. The topological polar surface area (TPSA) is 59.3 Å². The van der Waals surface area contributed by atoms with E-state index in [1.165, 1.54) is 12.1 Å². The Balaban J connectivity index is 1.62. The molecule has 0 aliphatic carbocycles. The Bertz CT molecular complexity index is 1280. The van der Waals surface area contributed by atoms with Gasteiger partial charge in [-0.05, 0) is 42.5 Å². The minimum absolute atomic E-state index is 0.0547. The monoisotopic (exact) mass is 469 g/mol. The van der Waals surface area contributed by atoms with Gasteiger partial charge >= 0.3 is 0 Å². The third-order valence-corrected chi connectivity index (χ3v) is 5.61. The summed E-state index contributed by atoms with van der Waals surface area (Å²) in [7, 11) is 0. The second-order valence-corrected chi connectivity index (χ2v) is 7.83. The van der Waals surface area contributed by atoms with Crippen LogP contribution in [0.3, 0.4) is 0 Å². The SMILES string of the molecule is O=C(Nc1ccc(Cl)cc1C(=O)c1ccccc1)c1ccc(-c2cccc(Cl)c2Cl)o1. The van der Waals surface area contributed by atoms with Crippen LogP contribution in [0.5, 0.6) is 0 Å². The standard InChI is InChI=1S/C24H14Cl3NO3/c25-15-9-10-19(17(13-15)23(29)14-5-2-1-3-6-14)28-24(30)21-12-11-20(31-21)16-7-4-8-18(26)22(16)27/h1-13H,(H,28,30). The van der Waals surface area contributed by atoms with Gasteiger partial charge in [0.1, 0.15) is 5.76 Å². The molecule has 1 heterocycles. The number of nitrogens with one attached hydrogen (secondary N) is 1. The van der Waals surface area contributed by atoms with Crippen LogP contribution in [0.15, 0.2) is 83.3 Å². The molecule has 1 aromatic heterocycles. The smallest absolute Gasteiger partial charge is 0.291 e. The molecule has 0 aliphatic heterocycles. The number of halogens is 3. The molecule has 0 bridgehead atoms. The molecule has 3 aromatic carbocycles. The Morgan fingerprint density at radius 3 is 2.35 bits per heavy atom. The molecule has 0 spiro atoms. The van der Waals surface area contributed by atoms with Gasteiger partial charge in [-0.1, -0.05) is 71.2 Å². The average molecular weight is 471 g/mol. The minimum atomic E-state index is -0.520. The minimum Gasteiger partial charge on any atom is -0.451 e. The number of ketones is 1. The van der Waals surface area contributed by atoms with Crippen LogP contribution in [0.2, 0.25) is 15.1 Å². The van der Waals surface area contributed by atoms with Crippen LogP contribution in [0, 0.1) is 0 Å². The molecule has 4 nitrogen and oxygen atoms in total. The molecule has 0 saturated heterocycles. The highest BCUT2D eigenvalue weighted by atomic mass is 35.5. The van der Waals surface area contributed by atoms with Gasteiger partial charge in [-0.25, -0.2) is 0 Å². The Kier molecular flexibility index (Phi) is 6.14. The molecule has 31 heavy (non-hydrogen) atoms. The fraction of sp³-hybridized carbons (Fsp3) is 0. The Labute approximate surface area is 193 Å². The summed E-state index contributed by atoms with van der Waals surface area (Å²) in [5, 5.41) is 3.82. The molecule has 0 radical (unpaired) electrons. The van der Waals surface area contributed by atoms with Crippen molar-refractivity contribution in [3.63, 3.8) is 0 Å². The average Bonchev–Trinajstić information content (AvgIpc) is 3.27. The molecule has 154 valence electrons. The largest absolute Gasteiger partial charge is 0.451 e. The molecule has 4 rings (SSSR count). The van der Waals surface area contributed by atoms with Gasteiger partial charge in [0.25, 0.3) is 5.91 Å². The van der Waals surface area contributed by atoms with Gasteiger partial charge in [0.15, 0.2) is 11.5 Å². The summed E-state index contributed by atoms with van der Waals surface area (Å²) < 4.78 is 5.68. The molecule has 0 unspecified atom stereocenters. The van der Waals surface area contributed by atoms with Gasteiger partial charge in [0, 0.05) is 21.7 Å². The summed E-state index contributed by atoms with van der Waals surface area (Å²) in [6, 6.07) is 21.7. The first kappa shape index (κ1) is 21.2. The van der Waals surface area contributed by atoms with Gasteiger partial charge in [-0.15, -0.1) is 0 Å². The number of carbonyl (C=O) groups is 2. The molecule has 7 heteroatoms. The summed E-state index contributed by atoms with van der Waals surface area (Å²) >= 11 is 18.4. The number of amides is 1. The number of furan rings is 1. The van der Waals surface area contributed by atoms with E-state index in [4.69, 9.17) is 39.2 Å². The first-order chi connectivity index (χ1) is 14.9. The zero-order valence-corrected chi connectivity index (χ0v) is 18.1. The van der Waals surface area contributed by atoms with E-state index in [1.54, 1.807) is 60.7 Å². The van der Waals surface area contributed by atoms with Crippen molar-refractivity contribution in [1.82, 2.24) is 0 Å². The fourth-order valence-electron chi connectivity index (χ4n) is 3.04. The van der Waals surface area contributed by atoms with E-state index in [1.807, 2.05) is 6.07 Å². The highest BCUT2D eigenvalue weighted by molar-refractivity contribution is 6.43. The van der Waals surface area contributed by atoms with Crippen LogP contribution in [0.1, 0.15) is 26.5 Å². The molecular weight excluding hydrogens is 457 g/mol. The van der Waals surface area contributed by atoms with Gasteiger partial charge < -0.3 is 9.73 Å². The Morgan fingerprint density at radius 1 is 0.806 bits per heavy atom. The normalized spacial score (nSPS) is 10.7. The number of anilines is 1. The zero-order valence-electron chi connectivity index (χ0n) is 15.9. The summed E-state index contributed by atoms with van der Waals surface area (Å²) in [5.74, 6) is -0.327. The van der Waals surface area contributed by atoms with Gasteiger partial charge in [-0.3, -0.25) is 9.59 Å². The van der Waals surface area contributed by atoms with Crippen LogP contribution in [-0.2, 0) is 0 Å². The maximum atomic E-state index is 12.9. The Hall–Kier alpha value is -3.05. The van der Waals surface area contributed by atoms with E-state index < -0.39 is 5.91 Å². The van der Waals surface area contributed by atoms with Crippen molar-refractivity contribution in [3.05, 3.63) is 111 Å². The molecule has 1 N–H and O–H groups in total. The number of carbonyl (C=O) groups excluding carboxylic acids is 2. The summed E-state index contributed by atoms with van der Waals surface area (Å²) in [6.45, 7) is 0. The molecular formula is C24H14Cl3NO3. The third-order valence-electron chi connectivity index (χ3n) is 4.56. The summed E-state index contributed by atoms with van der Waals surface area (Å²) in [6.07, 6.45) is 0. The predicted molar refractivity (Wildman–Crippen MR) is 123 cm³/mol. The number of rotatable bonds is 5. The molecule has 0 fully saturated rings. The summed E-state index contributed by atoms with van der Waals surface area (Å²) in [4.78, 5) is 25.7. The number of hydrogen-bond acceptors (Lipinski definition) is 3. The van der Waals surface area contributed by atoms with Crippen LogP contribution in [-0.4, -0.2) is 11.7 Å².